The maximum absolute atomic E-state index is 12.1. The summed E-state index contributed by atoms with van der Waals surface area (Å²) in [5, 5.41) is 1.98. The van der Waals surface area contributed by atoms with Crippen molar-refractivity contribution in [1.82, 2.24) is 0 Å². The van der Waals surface area contributed by atoms with Crippen LogP contribution in [0.2, 0.25) is 4.34 Å². The Bertz CT molecular complexity index is 363. The second kappa shape index (κ2) is 4.26. The first-order valence-corrected chi connectivity index (χ1v) is 6.62. The number of ketones is 1. The Balaban J connectivity index is 2.03. The number of halogens is 1. The quantitative estimate of drug-likeness (QED) is 0.780. The Labute approximate surface area is 99.5 Å². The van der Waals surface area contributed by atoms with Crippen molar-refractivity contribution in [2.24, 2.45) is 5.41 Å². The predicted octanol–water partition coefficient (Wildman–Crippen LogP) is 4.09. The zero-order valence-electron chi connectivity index (χ0n) is 8.88. The molecule has 1 aliphatic rings. The van der Waals surface area contributed by atoms with Gasteiger partial charge in [0.05, 0.1) is 4.34 Å². The van der Waals surface area contributed by atoms with Crippen LogP contribution in [0.4, 0.5) is 0 Å². The lowest BCUT2D eigenvalue weighted by molar-refractivity contribution is -0.126. The summed E-state index contributed by atoms with van der Waals surface area (Å²) in [5.74, 6) is 0.384. The van der Waals surface area contributed by atoms with E-state index in [2.05, 4.69) is 6.92 Å². The maximum Gasteiger partial charge on any atom is 0.143 e. The summed E-state index contributed by atoms with van der Waals surface area (Å²) in [6.07, 6.45) is 5.08. The molecule has 1 aromatic rings. The second-order valence-electron chi connectivity index (χ2n) is 4.63. The van der Waals surface area contributed by atoms with Crippen LogP contribution >= 0.6 is 22.9 Å². The van der Waals surface area contributed by atoms with Gasteiger partial charge in [0.1, 0.15) is 5.78 Å². The molecule has 1 nitrogen and oxygen atoms in total. The number of hydrogen-bond donors (Lipinski definition) is 0. The largest absolute Gasteiger partial charge is 0.299 e. The van der Waals surface area contributed by atoms with Gasteiger partial charge in [-0.05, 0) is 29.9 Å². The Hall–Kier alpha value is -0.340. The molecule has 1 aromatic heterocycles. The molecule has 0 bridgehead atoms. The van der Waals surface area contributed by atoms with E-state index < -0.39 is 0 Å². The maximum atomic E-state index is 12.1. The summed E-state index contributed by atoms with van der Waals surface area (Å²) >= 11 is 7.35. The van der Waals surface area contributed by atoms with E-state index in [1.807, 2.05) is 11.4 Å². The van der Waals surface area contributed by atoms with Crippen molar-refractivity contribution in [3.8, 4) is 0 Å². The lowest BCUT2D eigenvalue weighted by Crippen LogP contribution is -2.25. The number of Topliss-reactive ketones (excluding diaryl/α,β-unsaturated/α-hetero) is 1. The molecule has 0 unspecified atom stereocenters. The summed E-state index contributed by atoms with van der Waals surface area (Å²) < 4.78 is 0.773. The smallest absolute Gasteiger partial charge is 0.143 e. The van der Waals surface area contributed by atoms with Crippen LogP contribution in [0.3, 0.4) is 0 Å². The average Bonchev–Trinajstić information content (AvgIpc) is 2.76. The molecule has 15 heavy (non-hydrogen) atoms. The molecule has 0 radical (unpaired) electrons. The van der Waals surface area contributed by atoms with Gasteiger partial charge in [-0.25, -0.2) is 0 Å². The molecule has 82 valence electrons. The monoisotopic (exact) mass is 242 g/mol. The van der Waals surface area contributed by atoms with Crippen molar-refractivity contribution >= 4 is 28.7 Å². The lowest BCUT2D eigenvalue weighted by Gasteiger charge is -2.21. The van der Waals surface area contributed by atoms with Gasteiger partial charge in [0.25, 0.3) is 0 Å². The number of carbonyl (C=O) groups excluding carboxylic acids is 1. The highest BCUT2D eigenvalue weighted by molar-refractivity contribution is 7.14. The zero-order chi connectivity index (χ0) is 10.9. The Morgan fingerprint density at radius 2 is 2.20 bits per heavy atom. The number of thiophene rings is 1. The van der Waals surface area contributed by atoms with Crippen molar-refractivity contribution in [1.29, 1.82) is 0 Å². The van der Waals surface area contributed by atoms with E-state index in [0.29, 0.717) is 12.2 Å². The van der Waals surface area contributed by atoms with E-state index in [4.69, 9.17) is 11.6 Å². The summed E-state index contributed by atoms with van der Waals surface area (Å²) in [6, 6.07) is 1.91. The van der Waals surface area contributed by atoms with E-state index in [1.165, 1.54) is 24.2 Å². The normalized spacial score (nSPS) is 19.3. The highest BCUT2D eigenvalue weighted by atomic mass is 35.5. The molecule has 1 aliphatic carbocycles. The summed E-state index contributed by atoms with van der Waals surface area (Å²) in [7, 11) is 0. The Morgan fingerprint density at radius 3 is 2.73 bits per heavy atom. The van der Waals surface area contributed by atoms with Gasteiger partial charge in [-0.1, -0.05) is 31.4 Å². The van der Waals surface area contributed by atoms with Crippen molar-refractivity contribution in [3.05, 3.63) is 21.3 Å². The summed E-state index contributed by atoms with van der Waals surface area (Å²) in [6.45, 7) is 2.11. The first-order valence-electron chi connectivity index (χ1n) is 5.36. The first-order chi connectivity index (χ1) is 7.10. The third-order valence-corrected chi connectivity index (χ3v) is 4.51. The lowest BCUT2D eigenvalue weighted by atomic mass is 9.82. The summed E-state index contributed by atoms with van der Waals surface area (Å²) in [4.78, 5) is 12.1. The van der Waals surface area contributed by atoms with Crippen LogP contribution in [0, 0.1) is 5.41 Å². The van der Waals surface area contributed by atoms with Crippen molar-refractivity contribution in [2.45, 2.75) is 39.0 Å². The molecule has 1 heterocycles. The Morgan fingerprint density at radius 1 is 1.53 bits per heavy atom. The van der Waals surface area contributed by atoms with Crippen LogP contribution in [0.1, 0.15) is 38.2 Å². The molecule has 0 aliphatic heterocycles. The Kier molecular flexibility index (Phi) is 3.17. The minimum atomic E-state index is -0.0611. The third kappa shape index (κ3) is 2.43. The highest BCUT2D eigenvalue weighted by Crippen LogP contribution is 2.39. The van der Waals surface area contributed by atoms with E-state index in [1.54, 1.807) is 0 Å². The molecule has 1 saturated carbocycles. The fourth-order valence-corrected chi connectivity index (χ4v) is 3.18. The van der Waals surface area contributed by atoms with Crippen molar-refractivity contribution in [2.75, 3.05) is 0 Å². The highest BCUT2D eigenvalue weighted by Gasteiger charge is 2.35. The molecule has 3 heteroatoms. The van der Waals surface area contributed by atoms with Crippen LogP contribution < -0.4 is 0 Å². The van der Waals surface area contributed by atoms with Gasteiger partial charge in [-0.3, -0.25) is 4.79 Å². The van der Waals surface area contributed by atoms with Crippen molar-refractivity contribution in [3.63, 3.8) is 0 Å². The zero-order valence-corrected chi connectivity index (χ0v) is 10.5. The predicted molar refractivity (Wildman–Crippen MR) is 64.6 cm³/mol. The fraction of sp³-hybridized carbons (Fsp3) is 0.583. The van der Waals surface area contributed by atoms with Crippen molar-refractivity contribution < 1.29 is 4.79 Å². The topological polar surface area (TPSA) is 17.1 Å². The molecule has 0 spiro atoms. The molecule has 0 amide bonds. The fourth-order valence-electron chi connectivity index (χ4n) is 2.27. The molecule has 2 rings (SSSR count). The van der Waals surface area contributed by atoms with Crippen LogP contribution in [0.25, 0.3) is 0 Å². The van der Waals surface area contributed by atoms with Crippen LogP contribution in [0.15, 0.2) is 11.4 Å². The van der Waals surface area contributed by atoms with Gasteiger partial charge < -0.3 is 0 Å². The van der Waals surface area contributed by atoms with E-state index >= 15 is 0 Å². The molecule has 1 fully saturated rings. The van der Waals surface area contributed by atoms with Gasteiger partial charge in [-0.2, -0.15) is 0 Å². The van der Waals surface area contributed by atoms with Gasteiger partial charge in [0.2, 0.25) is 0 Å². The van der Waals surface area contributed by atoms with E-state index in [-0.39, 0.29) is 5.41 Å². The molecular weight excluding hydrogens is 228 g/mol. The molecule has 0 atom stereocenters. The van der Waals surface area contributed by atoms with Crippen LogP contribution in [0.5, 0.6) is 0 Å². The second-order valence-corrected chi connectivity index (χ2v) is 6.17. The van der Waals surface area contributed by atoms with E-state index in [9.17, 15) is 4.79 Å². The van der Waals surface area contributed by atoms with Gasteiger partial charge in [0.15, 0.2) is 0 Å². The number of hydrogen-bond acceptors (Lipinski definition) is 2. The third-order valence-electron chi connectivity index (χ3n) is 3.37. The summed E-state index contributed by atoms with van der Waals surface area (Å²) in [5.41, 5.74) is 1.01. The van der Waals surface area contributed by atoms with Crippen LogP contribution in [-0.4, -0.2) is 5.78 Å². The molecule has 0 aromatic carbocycles. The van der Waals surface area contributed by atoms with Gasteiger partial charge in [0, 0.05) is 11.8 Å². The van der Waals surface area contributed by atoms with Crippen LogP contribution in [-0.2, 0) is 11.2 Å². The number of rotatable bonds is 3. The minimum absolute atomic E-state index is 0.0611. The van der Waals surface area contributed by atoms with Gasteiger partial charge >= 0.3 is 0 Å². The minimum Gasteiger partial charge on any atom is -0.299 e. The number of carbonyl (C=O) groups is 1. The molecule has 0 N–H and O–H groups in total. The molecule has 0 saturated heterocycles. The average molecular weight is 243 g/mol. The first kappa shape index (κ1) is 11.2. The van der Waals surface area contributed by atoms with E-state index in [0.717, 1.165) is 22.7 Å². The van der Waals surface area contributed by atoms with Gasteiger partial charge in [-0.15, -0.1) is 11.3 Å². The standard InChI is InChI=1S/C12H15ClOS/c1-12(4-2-3-5-12)10(14)6-9-7-11(13)15-8-9/h7-8H,2-6H2,1H3. The molecular formula is C12H15ClOS. The SMILES string of the molecule is CC1(C(=O)Cc2csc(Cl)c2)CCCC1.